The van der Waals surface area contributed by atoms with Crippen LogP contribution in [0.5, 0.6) is 11.5 Å². The zero-order chi connectivity index (χ0) is 28.4. The number of piperazine rings is 1. The Bertz CT molecular complexity index is 1400. The van der Waals surface area contributed by atoms with E-state index >= 15 is 0 Å². The number of halogens is 3. The smallest absolute Gasteiger partial charge is 0.244 e. The Balaban J connectivity index is 1.51. The van der Waals surface area contributed by atoms with E-state index in [0.29, 0.717) is 47.8 Å². The molecule has 2 fully saturated rings. The highest BCUT2D eigenvalue weighted by Crippen LogP contribution is 2.32. The van der Waals surface area contributed by atoms with E-state index in [1.807, 2.05) is 4.90 Å². The van der Waals surface area contributed by atoms with Crippen molar-refractivity contribution in [3.8, 4) is 11.5 Å². The third-order valence-electron chi connectivity index (χ3n) is 6.40. The van der Waals surface area contributed by atoms with Gasteiger partial charge in [-0.3, -0.25) is 9.69 Å². The van der Waals surface area contributed by atoms with E-state index in [0.717, 1.165) is 4.31 Å². The molecule has 1 amide bonds. The summed E-state index contributed by atoms with van der Waals surface area (Å²) in [5, 5.41) is 0.374. The highest BCUT2D eigenvalue weighted by Gasteiger charge is 2.42. The van der Waals surface area contributed by atoms with Gasteiger partial charge in [0.2, 0.25) is 26.0 Å². The normalized spacial score (nSPS) is 20.1. The number of amides is 1. The van der Waals surface area contributed by atoms with Crippen LogP contribution < -0.4 is 10.5 Å². The molecule has 2 aromatic carbocycles. The molecule has 16 heteroatoms. The largest absolute Gasteiger partial charge is 0.451 e. The van der Waals surface area contributed by atoms with Crippen LogP contribution in [0.3, 0.4) is 0 Å². The fourth-order valence-electron chi connectivity index (χ4n) is 4.25. The number of hydrogen-bond donors (Lipinski definition) is 1. The number of benzene rings is 2. The monoisotopic (exact) mass is 608 g/mol. The first kappa shape index (κ1) is 29.6. The molecule has 2 heterocycles. The van der Waals surface area contributed by atoms with Crippen molar-refractivity contribution in [2.45, 2.75) is 10.9 Å². The first-order chi connectivity index (χ1) is 18.4. The SMILES string of the molecule is NC(=O)[C@H]1CN(S(=O)(=O)CCN2CCOCC2)CCN1S(=O)(=O)c1cc(F)c(Oc2ccc(Cl)cc2)c(F)c1. The molecule has 0 bridgehead atoms. The van der Waals surface area contributed by atoms with Gasteiger partial charge in [-0.15, -0.1) is 0 Å². The van der Waals surface area contributed by atoms with Gasteiger partial charge in [0, 0.05) is 44.3 Å². The molecule has 0 aliphatic carbocycles. The molecule has 0 aromatic heterocycles. The summed E-state index contributed by atoms with van der Waals surface area (Å²) in [6.07, 6.45) is 0. The number of nitrogens with two attached hydrogens (primary N) is 1. The summed E-state index contributed by atoms with van der Waals surface area (Å²) in [5.41, 5.74) is 5.44. The van der Waals surface area contributed by atoms with Crippen molar-refractivity contribution in [3.63, 3.8) is 0 Å². The molecule has 2 saturated heterocycles. The van der Waals surface area contributed by atoms with E-state index in [1.54, 1.807) is 0 Å². The van der Waals surface area contributed by atoms with Gasteiger partial charge in [-0.2, -0.15) is 8.61 Å². The molecule has 0 saturated carbocycles. The summed E-state index contributed by atoms with van der Waals surface area (Å²) < 4.78 is 94.4. The predicted octanol–water partition coefficient (Wildman–Crippen LogP) is 1.23. The molecule has 2 aromatic rings. The number of sulfonamides is 2. The van der Waals surface area contributed by atoms with E-state index in [9.17, 15) is 30.4 Å². The van der Waals surface area contributed by atoms with Crippen LogP contribution in [0.15, 0.2) is 41.3 Å². The lowest BCUT2D eigenvalue weighted by Crippen LogP contribution is -2.61. The Morgan fingerprint density at radius 2 is 1.64 bits per heavy atom. The van der Waals surface area contributed by atoms with Crippen molar-refractivity contribution in [2.75, 3.05) is 58.2 Å². The van der Waals surface area contributed by atoms with Gasteiger partial charge >= 0.3 is 0 Å². The van der Waals surface area contributed by atoms with Crippen molar-refractivity contribution < 1.29 is 39.9 Å². The lowest BCUT2D eigenvalue weighted by Gasteiger charge is -2.38. The number of morpholine rings is 1. The molecule has 4 rings (SSSR count). The fourth-order valence-corrected chi connectivity index (χ4v) is 7.46. The summed E-state index contributed by atoms with van der Waals surface area (Å²) >= 11 is 5.79. The van der Waals surface area contributed by atoms with Gasteiger partial charge in [0.05, 0.1) is 23.9 Å². The van der Waals surface area contributed by atoms with Gasteiger partial charge in [-0.25, -0.2) is 25.6 Å². The van der Waals surface area contributed by atoms with Gasteiger partial charge in [0.15, 0.2) is 17.4 Å². The van der Waals surface area contributed by atoms with Gasteiger partial charge in [0.1, 0.15) is 11.8 Å². The molecule has 214 valence electrons. The van der Waals surface area contributed by atoms with E-state index in [-0.39, 0.29) is 24.6 Å². The summed E-state index contributed by atoms with van der Waals surface area (Å²) in [5.74, 6) is -4.72. The fraction of sp³-hybridized carbons (Fsp3) is 0.435. The molecule has 1 atom stereocenters. The quantitative estimate of drug-likeness (QED) is 0.448. The van der Waals surface area contributed by atoms with Crippen LogP contribution in [0.1, 0.15) is 0 Å². The third kappa shape index (κ3) is 6.85. The van der Waals surface area contributed by atoms with Crippen LogP contribution in [0.4, 0.5) is 8.78 Å². The number of carbonyl (C=O) groups is 1. The highest BCUT2D eigenvalue weighted by molar-refractivity contribution is 7.89. The molecule has 0 spiro atoms. The number of nitrogens with zero attached hydrogens (tertiary/aromatic N) is 3. The second-order valence-corrected chi connectivity index (χ2v) is 13.3. The van der Waals surface area contributed by atoms with Gasteiger partial charge in [0.25, 0.3) is 0 Å². The Morgan fingerprint density at radius 1 is 1.03 bits per heavy atom. The minimum Gasteiger partial charge on any atom is -0.451 e. The first-order valence-corrected chi connectivity index (χ1v) is 15.3. The molecule has 2 aliphatic rings. The zero-order valence-electron chi connectivity index (χ0n) is 20.6. The van der Waals surface area contributed by atoms with Gasteiger partial charge in [-0.05, 0) is 36.4 Å². The molecular weight excluding hydrogens is 582 g/mol. The first-order valence-electron chi connectivity index (χ1n) is 11.9. The number of hydrogen-bond acceptors (Lipinski definition) is 8. The minimum atomic E-state index is -4.66. The standard InChI is InChI=1S/C23H27ClF2N4O7S2/c24-16-1-3-17(4-2-16)37-22-19(25)13-18(14-20(22)26)39(34,35)30-6-5-29(15-21(30)23(27)31)38(32,33)12-9-28-7-10-36-11-8-28/h1-4,13-14,21H,5-12,15H2,(H2,27,31)/t21-/m1/s1. The molecule has 2 aliphatic heterocycles. The number of primary amides is 1. The van der Waals surface area contributed by atoms with Crippen LogP contribution >= 0.6 is 11.6 Å². The molecular formula is C23H27ClF2N4O7S2. The van der Waals surface area contributed by atoms with Crippen molar-refractivity contribution in [2.24, 2.45) is 5.73 Å². The molecule has 39 heavy (non-hydrogen) atoms. The van der Waals surface area contributed by atoms with E-state index < -0.39 is 67.4 Å². The van der Waals surface area contributed by atoms with E-state index in [1.165, 1.54) is 24.3 Å². The maximum absolute atomic E-state index is 14.8. The van der Waals surface area contributed by atoms with Gasteiger partial charge in [-0.1, -0.05) is 11.6 Å². The van der Waals surface area contributed by atoms with Crippen LogP contribution in [0, 0.1) is 11.6 Å². The van der Waals surface area contributed by atoms with Crippen molar-refractivity contribution in [3.05, 3.63) is 53.1 Å². The van der Waals surface area contributed by atoms with Crippen molar-refractivity contribution >= 4 is 37.6 Å². The van der Waals surface area contributed by atoms with Crippen molar-refractivity contribution in [1.82, 2.24) is 13.5 Å². The topological polar surface area (TPSA) is 140 Å². The average molecular weight is 609 g/mol. The Kier molecular flexibility index (Phi) is 9.10. The van der Waals surface area contributed by atoms with Gasteiger partial charge < -0.3 is 15.2 Å². The molecule has 2 N–H and O–H groups in total. The molecule has 0 unspecified atom stereocenters. The second kappa shape index (κ2) is 12.0. The Labute approximate surface area is 230 Å². The van der Waals surface area contributed by atoms with Crippen LogP contribution in [-0.4, -0.2) is 101 Å². The van der Waals surface area contributed by atoms with Crippen LogP contribution in [0.25, 0.3) is 0 Å². The summed E-state index contributed by atoms with van der Waals surface area (Å²) in [6.45, 7) is 1.17. The summed E-state index contributed by atoms with van der Waals surface area (Å²) in [4.78, 5) is 13.4. The second-order valence-electron chi connectivity index (χ2n) is 8.93. The maximum atomic E-state index is 14.8. The lowest BCUT2D eigenvalue weighted by molar-refractivity contribution is -0.122. The Morgan fingerprint density at radius 3 is 2.23 bits per heavy atom. The summed E-state index contributed by atoms with van der Waals surface area (Å²) in [6, 6.07) is 5.17. The number of rotatable bonds is 9. The maximum Gasteiger partial charge on any atom is 0.244 e. The Hall–Kier alpha value is -2.40. The third-order valence-corrected chi connectivity index (χ3v) is 10.4. The molecule has 11 nitrogen and oxygen atoms in total. The zero-order valence-corrected chi connectivity index (χ0v) is 23.0. The summed E-state index contributed by atoms with van der Waals surface area (Å²) in [7, 11) is -8.52. The van der Waals surface area contributed by atoms with Crippen LogP contribution in [-0.2, 0) is 29.6 Å². The average Bonchev–Trinajstić information content (AvgIpc) is 2.90. The van der Waals surface area contributed by atoms with Crippen LogP contribution in [0.2, 0.25) is 5.02 Å². The minimum absolute atomic E-state index is 0.0625. The van der Waals surface area contributed by atoms with E-state index in [4.69, 9.17) is 26.8 Å². The predicted molar refractivity (Wildman–Crippen MR) is 137 cm³/mol. The lowest BCUT2D eigenvalue weighted by atomic mass is 10.2. The number of ether oxygens (including phenoxy) is 2. The molecule has 0 radical (unpaired) electrons. The highest BCUT2D eigenvalue weighted by atomic mass is 35.5. The number of carbonyl (C=O) groups excluding carboxylic acids is 1. The van der Waals surface area contributed by atoms with E-state index in [2.05, 4.69) is 0 Å². The van der Waals surface area contributed by atoms with Crippen molar-refractivity contribution in [1.29, 1.82) is 0 Å².